The van der Waals surface area contributed by atoms with Crippen LogP contribution in [0.15, 0.2) is 65.7 Å². The quantitative estimate of drug-likeness (QED) is 0.602. The number of rotatable bonds is 5. The molecular formula is C20H18N4O2. The minimum Gasteiger partial charge on any atom is -0.464 e. The van der Waals surface area contributed by atoms with Gasteiger partial charge in [-0.3, -0.25) is 4.79 Å². The molecule has 3 aromatic heterocycles. The van der Waals surface area contributed by atoms with Gasteiger partial charge in [-0.25, -0.2) is 9.67 Å². The highest BCUT2D eigenvalue weighted by Crippen LogP contribution is 2.22. The zero-order valence-electron chi connectivity index (χ0n) is 14.3. The average Bonchev–Trinajstić information content (AvgIpc) is 3.30. The standard InChI is InChI=1S/C20H18N4O2/c1-14-5-6-17-16(13-26-18(17)10-14)11-19(25)22-12-15-4-2-7-21-20(15)24-9-3-8-23-24/h2-10,13H,11-12H2,1H3,(H,22,25). The molecule has 130 valence electrons. The number of benzene rings is 1. The molecule has 0 fully saturated rings. The average molecular weight is 346 g/mol. The van der Waals surface area contributed by atoms with Gasteiger partial charge in [-0.1, -0.05) is 18.2 Å². The molecule has 6 heteroatoms. The summed E-state index contributed by atoms with van der Waals surface area (Å²) in [7, 11) is 0. The zero-order valence-corrected chi connectivity index (χ0v) is 14.3. The van der Waals surface area contributed by atoms with Gasteiger partial charge in [0.2, 0.25) is 5.91 Å². The molecule has 0 aliphatic carbocycles. The van der Waals surface area contributed by atoms with E-state index in [0.29, 0.717) is 12.4 Å². The van der Waals surface area contributed by atoms with Crippen LogP contribution in [-0.2, 0) is 17.8 Å². The molecule has 3 heterocycles. The molecule has 4 rings (SSSR count). The van der Waals surface area contributed by atoms with Crippen LogP contribution in [-0.4, -0.2) is 20.7 Å². The fourth-order valence-electron chi connectivity index (χ4n) is 2.93. The SMILES string of the molecule is Cc1ccc2c(CC(=O)NCc3cccnc3-n3cccn3)coc2c1. The van der Waals surface area contributed by atoms with E-state index in [1.54, 1.807) is 23.3 Å². The maximum atomic E-state index is 12.4. The fraction of sp³-hybridized carbons (Fsp3) is 0.150. The summed E-state index contributed by atoms with van der Waals surface area (Å²) in [5.74, 6) is 0.644. The smallest absolute Gasteiger partial charge is 0.224 e. The molecule has 0 saturated carbocycles. The molecule has 0 saturated heterocycles. The highest BCUT2D eigenvalue weighted by molar-refractivity contribution is 5.87. The van der Waals surface area contributed by atoms with Gasteiger partial charge in [-0.15, -0.1) is 0 Å². The summed E-state index contributed by atoms with van der Waals surface area (Å²) >= 11 is 0. The van der Waals surface area contributed by atoms with Crippen molar-refractivity contribution in [1.29, 1.82) is 0 Å². The van der Waals surface area contributed by atoms with Crippen LogP contribution in [0.3, 0.4) is 0 Å². The second kappa shape index (κ2) is 6.84. The number of amides is 1. The van der Waals surface area contributed by atoms with E-state index in [4.69, 9.17) is 4.42 Å². The van der Waals surface area contributed by atoms with Gasteiger partial charge in [0.05, 0.1) is 12.7 Å². The van der Waals surface area contributed by atoms with Crippen LogP contribution in [0.2, 0.25) is 0 Å². The summed E-state index contributed by atoms with van der Waals surface area (Å²) in [5.41, 5.74) is 3.72. The highest BCUT2D eigenvalue weighted by atomic mass is 16.3. The van der Waals surface area contributed by atoms with Gasteiger partial charge >= 0.3 is 0 Å². The lowest BCUT2D eigenvalue weighted by molar-refractivity contribution is -0.120. The van der Waals surface area contributed by atoms with Crippen molar-refractivity contribution in [2.45, 2.75) is 19.9 Å². The number of hydrogen-bond acceptors (Lipinski definition) is 4. The van der Waals surface area contributed by atoms with E-state index in [9.17, 15) is 4.79 Å². The minimum atomic E-state index is -0.0662. The van der Waals surface area contributed by atoms with Crippen molar-refractivity contribution in [3.8, 4) is 5.82 Å². The number of nitrogens with one attached hydrogen (secondary N) is 1. The van der Waals surface area contributed by atoms with Gasteiger partial charge in [0.15, 0.2) is 5.82 Å². The van der Waals surface area contributed by atoms with Gasteiger partial charge in [0.25, 0.3) is 0 Å². The van der Waals surface area contributed by atoms with E-state index in [-0.39, 0.29) is 12.3 Å². The molecule has 6 nitrogen and oxygen atoms in total. The number of furan rings is 1. The summed E-state index contributed by atoms with van der Waals surface area (Å²) in [4.78, 5) is 16.8. The predicted molar refractivity (Wildman–Crippen MR) is 97.9 cm³/mol. The van der Waals surface area contributed by atoms with Crippen LogP contribution in [0, 0.1) is 6.92 Å². The lowest BCUT2D eigenvalue weighted by atomic mass is 10.1. The first kappa shape index (κ1) is 16.1. The molecule has 0 radical (unpaired) electrons. The van der Waals surface area contributed by atoms with E-state index in [1.165, 1.54) is 0 Å². The van der Waals surface area contributed by atoms with Gasteiger partial charge in [-0.05, 0) is 30.7 Å². The zero-order chi connectivity index (χ0) is 17.9. The van der Waals surface area contributed by atoms with Crippen LogP contribution >= 0.6 is 0 Å². The van der Waals surface area contributed by atoms with E-state index >= 15 is 0 Å². The van der Waals surface area contributed by atoms with Crippen molar-refractivity contribution in [3.05, 3.63) is 77.9 Å². The minimum absolute atomic E-state index is 0.0662. The van der Waals surface area contributed by atoms with Crippen molar-refractivity contribution >= 4 is 16.9 Å². The second-order valence-corrected chi connectivity index (χ2v) is 6.15. The molecule has 1 amide bonds. The normalized spacial score (nSPS) is 11.0. The Labute approximate surface area is 150 Å². The third-order valence-corrected chi connectivity index (χ3v) is 4.23. The number of carbonyl (C=O) groups is 1. The van der Waals surface area contributed by atoms with Crippen molar-refractivity contribution in [1.82, 2.24) is 20.1 Å². The summed E-state index contributed by atoms with van der Waals surface area (Å²) < 4.78 is 7.25. The van der Waals surface area contributed by atoms with Crippen molar-refractivity contribution < 1.29 is 9.21 Å². The van der Waals surface area contributed by atoms with Crippen LogP contribution in [0.5, 0.6) is 0 Å². The Hall–Kier alpha value is -3.41. The van der Waals surface area contributed by atoms with Crippen LogP contribution in [0.25, 0.3) is 16.8 Å². The third kappa shape index (κ3) is 3.21. The van der Waals surface area contributed by atoms with E-state index in [1.807, 2.05) is 49.5 Å². The van der Waals surface area contributed by atoms with Crippen molar-refractivity contribution in [3.63, 3.8) is 0 Å². The van der Waals surface area contributed by atoms with Crippen molar-refractivity contribution in [2.75, 3.05) is 0 Å². The first-order valence-electron chi connectivity index (χ1n) is 8.38. The van der Waals surface area contributed by atoms with E-state index < -0.39 is 0 Å². The number of pyridine rings is 1. The third-order valence-electron chi connectivity index (χ3n) is 4.23. The first-order valence-corrected chi connectivity index (χ1v) is 8.38. The summed E-state index contributed by atoms with van der Waals surface area (Å²) in [6.07, 6.45) is 7.16. The maximum Gasteiger partial charge on any atom is 0.224 e. The molecule has 0 aliphatic rings. The van der Waals surface area contributed by atoms with Gasteiger partial charge < -0.3 is 9.73 Å². The van der Waals surface area contributed by atoms with E-state index in [0.717, 1.165) is 27.7 Å². The summed E-state index contributed by atoms with van der Waals surface area (Å²) in [6.45, 7) is 2.40. The number of carbonyl (C=O) groups excluding carboxylic acids is 1. The lowest BCUT2D eigenvalue weighted by Crippen LogP contribution is -2.25. The molecule has 0 atom stereocenters. The Bertz CT molecular complexity index is 1050. The first-order chi connectivity index (χ1) is 12.7. The molecule has 0 spiro atoms. The molecular weight excluding hydrogens is 328 g/mol. The van der Waals surface area contributed by atoms with Gasteiger partial charge in [-0.2, -0.15) is 5.10 Å². The topological polar surface area (TPSA) is 73.0 Å². The second-order valence-electron chi connectivity index (χ2n) is 6.15. The Morgan fingerprint density at radius 2 is 2.12 bits per heavy atom. The molecule has 1 aromatic carbocycles. The number of aryl methyl sites for hydroxylation is 1. The molecule has 26 heavy (non-hydrogen) atoms. The monoisotopic (exact) mass is 346 g/mol. The van der Waals surface area contributed by atoms with Crippen LogP contribution < -0.4 is 5.32 Å². The van der Waals surface area contributed by atoms with E-state index in [2.05, 4.69) is 15.4 Å². The Kier molecular flexibility index (Phi) is 4.23. The molecule has 4 aromatic rings. The highest BCUT2D eigenvalue weighted by Gasteiger charge is 2.12. The van der Waals surface area contributed by atoms with Crippen LogP contribution in [0.1, 0.15) is 16.7 Å². The largest absolute Gasteiger partial charge is 0.464 e. The van der Waals surface area contributed by atoms with Crippen molar-refractivity contribution in [2.24, 2.45) is 0 Å². The molecule has 0 unspecified atom stereocenters. The van der Waals surface area contributed by atoms with Gasteiger partial charge in [0, 0.05) is 41.6 Å². The summed E-state index contributed by atoms with van der Waals surface area (Å²) in [5, 5.41) is 8.14. The Morgan fingerprint density at radius 3 is 2.96 bits per heavy atom. The Morgan fingerprint density at radius 1 is 1.19 bits per heavy atom. The molecule has 0 aliphatic heterocycles. The molecule has 0 bridgehead atoms. The number of hydrogen-bond donors (Lipinski definition) is 1. The van der Waals surface area contributed by atoms with Crippen LogP contribution in [0.4, 0.5) is 0 Å². The fourth-order valence-corrected chi connectivity index (χ4v) is 2.93. The number of aromatic nitrogens is 3. The number of fused-ring (bicyclic) bond motifs is 1. The predicted octanol–water partition coefficient (Wildman–Crippen LogP) is 3.18. The number of nitrogens with zero attached hydrogens (tertiary/aromatic N) is 3. The lowest BCUT2D eigenvalue weighted by Gasteiger charge is -2.09. The maximum absolute atomic E-state index is 12.4. The summed E-state index contributed by atoms with van der Waals surface area (Å²) in [6, 6.07) is 11.6. The molecule has 1 N–H and O–H groups in total. The Balaban J connectivity index is 1.46. The van der Waals surface area contributed by atoms with Gasteiger partial charge in [0.1, 0.15) is 5.58 Å².